The highest BCUT2D eigenvalue weighted by Gasteiger charge is 2.18. The summed E-state index contributed by atoms with van der Waals surface area (Å²) in [7, 11) is 0. The molecule has 0 aromatic carbocycles. The highest BCUT2D eigenvalue weighted by atomic mass is 32.1. The van der Waals surface area contributed by atoms with Gasteiger partial charge in [-0.1, -0.05) is 6.42 Å². The Kier molecular flexibility index (Phi) is 4.38. The first kappa shape index (κ1) is 12.1. The van der Waals surface area contributed by atoms with Crippen LogP contribution in [0, 0.1) is 6.92 Å². The Morgan fingerprint density at radius 3 is 2.62 bits per heavy atom. The maximum atomic E-state index is 9.50. The topological polar surface area (TPSA) is 23.5 Å². The molecule has 1 aromatic heterocycles. The van der Waals surface area contributed by atoms with Crippen molar-refractivity contribution in [1.82, 2.24) is 4.90 Å². The molecular weight excluding hydrogens is 218 g/mol. The van der Waals surface area contributed by atoms with Crippen molar-refractivity contribution in [3.05, 3.63) is 21.9 Å². The molecule has 1 N–H and O–H groups in total. The lowest BCUT2D eigenvalue weighted by molar-refractivity contribution is 0.180. The molecule has 0 saturated carbocycles. The van der Waals surface area contributed by atoms with Gasteiger partial charge in [-0.25, -0.2) is 0 Å². The zero-order valence-corrected chi connectivity index (χ0v) is 10.8. The van der Waals surface area contributed by atoms with Crippen molar-refractivity contribution in [2.45, 2.75) is 32.1 Å². The van der Waals surface area contributed by atoms with Crippen LogP contribution in [0.4, 0.5) is 0 Å². The van der Waals surface area contributed by atoms with Crippen LogP contribution in [0.25, 0.3) is 0 Å². The molecule has 2 rings (SSSR count). The first-order valence-corrected chi connectivity index (χ1v) is 7.01. The average molecular weight is 239 g/mol. The van der Waals surface area contributed by atoms with E-state index in [-0.39, 0.29) is 6.61 Å². The summed E-state index contributed by atoms with van der Waals surface area (Å²) < 4.78 is 0. The molecule has 0 bridgehead atoms. The van der Waals surface area contributed by atoms with E-state index < -0.39 is 0 Å². The molecule has 2 nitrogen and oxygen atoms in total. The zero-order chi connectivity index (χ0) is 11.4. The van der Waals surface area contributed by atoms with Gasteiger partial charge in [0.2, 0.25) is 0 Å². The van der Waals surface area contributed by atoms with Crippen molar-refractivity contribution >= 4 is 11.3 Å². The largest absolute Gasteiger partial charge is 0.396 e. The summed E-state index contributed by atoms with van der Waals surface area (Å²) in [4.78, 5) is 5.18. The van der Waals surface area contributed by atoms with Gasteiger partial charge in [0.05, 0.1) is 6.61 Å². The summed E-state index contributed by atoms with van der Waals surface area (Å²) >= 11 is 1.82. The smallest absolute Gasteiger partial charge is 0.0520 e. The second-order valence-corrected chi connectivity index (χ2v) is 6.01. The molecule has 1 aliphatic heterocycles. The molecule has 0 spiro atoms. The van der Waals surface area contributed by atoms with Gasteiger partial charge < -0.3 is 10.0 Å². The lowest BCUT2D eigenvalue weighted by atomic mass is 10.1. The van der Waals surface area contributed by atoms with E-state index in [4.69, 9.17) is 0 Å². The van der Waals surface area contributed by atoms with Gasteiger partial charge in [0.15, 0.2) is 0 Å². The molecule has 1 saturated heterocycles. The SMILES string of the molecule is Cc1ccc(C(CO)CN2CCCCC2)s1. The summed E-state index contributed by atoms with van der Waals surface area (Å²) in [6.07, 6.45) is 4.02. The van der Waals surface area contributed by atoms with Crippen LogP contribution in [0.2, 0.25) is 0 Å². The van der Waals surface area contributed by atoms with E-state index in [9.17, 15) is 5.11 Å². The van der Waals surface area contributed by atoms with Gasteiger partial charge in [-0.3, -0.25) is 0 Å². The fourth-order valence-electron chi connectivity index (χ4n) is 2.36. The molecule has 0 aliphatic carbocycles. The Labute approximate surface area is 102 Å². The molecule has 3 heteroatoms. The van der Waals surface area contributed by atoms with Crippen LogP contribution < -0.4 is 0 Å². The van der Waals surface area contributed by atoms with Crippen LogP contribution in [0.5, 0.6) is 0 Å². The monoisotopic (exact) mass is 239 g/mol. The average Bonchev–Trinajstić information content (AvgIpc) is 2.74. The lowest BCUT2D eigenvalue weighted by Crippen LogP contribution is -2.34. The second kappa shape index (κ2) is 5.80. The minimum atomic E-state index is 0.274. The Bertz CT molecular complexity index is 317. The third kappa shape index (κ3) is 3.06. The number of aliphatic hydroxyl groups excluding tert-OH is 1. The summed E-state index contributed by atoms with van der Waals surface area (Å²) in [6.45, 7) is 5.85. The van der Waals surface area contributed by atoms with E-state index in [1.165, 1.54) is 42.1 Å². The maximum absolute atomic E-state index is 9.50. The Hall–Kier alpha value is -0.380. The maximum Gasteiger partial charge on any atom is 0.0520 e. The van der Waals surface area contributed by atoms with E-state index in [1.54, 1.807) is 0 Å². The Morgan fingerprint density at radius 1 is 1.31 bits per heavy atom. The van der Waals surface area contributed by atoms with E-state index in [0.29, 0.717) is 5.92 Å². The molecule has 1 unspecified atom stereocenters. The predicted molar refractivity (Wildman–Crippen MR) is 69.2 cm³/mol. The fourth-order valence-corrected chi connectivity index (χ4v) is 3.32. The normalized spacial score (nSPS) is 19.9. The van der Waals surface area contributed by atoms with Gasteiger partial charge >= 0.3 is 0 Å². The van der Waals surface area contributed by atoms with Crippen LogP contribution in [0.3, 0.4) is 0 Å². The van der Waals surface area contributed by atoms with Crippen molar-refractivity contribution in [2.75, 3.05) is 26.2 Å². The number of nitrogens with zero attached hydrogens (tertiary/aromatic N) is 1. The molecule has 1 atom stereocenters. The molecule has 1 fully saturated rings. The fraction of sp³-hybridized carbons (Fsp3) is 0.692. The number of likely N-dealkylation sites (tertiary alicyclic amines) is 1. The Balaban J connectivity index is 1.94. The molecular formula is C13H21NOS. The van der Waals surface area contributed by atoms with Crippen LogP contribution in [0.15, 0.2) is 12.1 Å². The van der Waals surface area contributed by atoms with Crippen LogP contribution >= 0.6 is 11.3 Å². The molecule has 16 heavy (non-hydrogen) atoms. The van der Waals surface area contributed by atoms with Gasteiger partial charge in [0.1, 0.15) is 0 Å². The highest BCUT2D eigenvalue weighted by Crippen LogP contribution is 2.25. The molecule has 1 aliphatic rings. The standard InChI is InChI=1S/C13H21NOS/c1-11-5-6-13(16-11)12(10-15)9-14-7-3-2-4-8-14/h5-6,12,15H,2-4,7-10H2,1H3. The van der Waals surface area contributed by atoms with Crippen LogP contribution in [-0.2, 0) is 0 Å². The highest BCUT2D eigenvalue weighted by molar-refractivity contribution is 7.12. The minimum absolute atomic E-state index is 0.274. The number of hydrogen-bond acceptors (Lipinski definition) is 3. The van der Waals surface area contributed by atoms with Gasteiger partial charge in [-0.2, -0.15) is 0 Å². The summed E-state index contributed by atoms with van der Waals surface area (Å²) in [5, 5.41) is 9.50. The van der Waals surface area contributed by atoms with Crippen molar-refractivity contribution < 1.29 is 5.11 Å². The van der Waals surface area contributed by atoms with E-state index in [2.05, 4.69) is 24.0 Å². The van der Waals surface area contributed by atoms with Crippen molar-refractivity contribution in [2.24, 2.45) is 0 Å². The van der Waals surface area contributed by atoms with Crippen molar-refractivity contribution in [3.8, 4) is 0 Å². The van der Waals surface area contributed by atoms with Crippen molar-refractivity contribution in [3.63, 3.8) is 0 Å². The van der Waals surface area contributed by atoms with Gasteiger partial charge in [-0.15, -0.1) is 11.3 Å². The molecule has 90 valence electrons. The third-order valence-electron chi connectivity index (χ3n) is 3.31. The zero-order valence-electron chi connectivity index (χ0n) is 9.98. The predicted octanol–water partition coefficient (Wildman–Crippen LogP) is 2.62. The number of hydrogen-bond donors (Lipinski definition) is 1. The summed E-state index contributed by atoms with van der Waals surface area (Å²) in [5.41, 5.74) is 0. The van der Waals surface area contributed by atoms with Crippen LogP contribution in [-0.4, -0.2) is 36.2 Å². The molecule has 2 heterocycles. The van der Waals surface area contributed by atoms with E-state index in [1.807, 2.05) is 11.3 Å². The second-order valence-electron chi connectivity index (χ2n) is 4.69. The first-order chi connectivity index (χ1) is 7.79. The summed E-state index contributed by atoms with van der Waals surface area (Å²) in [6, 6.07) is 4.32. The number of aryl methyl sites for hydroxylation is 1. The lowest BCUT2D eigenvalue weighted by Gasteiger charge is -2.29. The van der Waals surface area contributed by atoms with Gasteiger partial charge in [0, 0.05) is 22.2 Å². The first-order valence-electron chi connectivity index (χ1n) is 6.19. The van der Waals surface area contributed by atoms with Gasteiger partial charge in [-0.05, 0) is 45.0 Å². The molecule has 0 radical (unpaired) electrons. The van der Waals surface area contributed by atoms with Crippen molar-refractivity contribution in [1.29, 1.82) is 0 Å². The number of aliphatic hydroxyl groups is 1. The van der Waals surface area contributed by atoms with Crippen LogP contribution in [0.1, 0.15) is 34.9 Å². The van der Waals surface area contributed by atoms with E-state index >= 15 is 0 Å². The molecule has 0 amide bonds. The molecule has 1 aromatic rings. The number of piperidine rings is 1. The van der Waals surface area contributed by atoms with Gasteiger partial charge in [0.25, 0.3) is 0 Å². The number of rotatable bonds is 4. The van der Waals surface area contributed by atoms with E-state index in [0.717, 1.165) is 6.54 Å². The summed E-state index contributed by atoms with van der Waals surface area (Å²) in [5.74, 6) is 0.316. The number of thiophene rings is 1. The quantitative estimate of drug-likeness (QED) is 0.873. The minimum Gasteiger partial charge on any atom is -0.396 e. The third-order valence-corrected chi connectivity index (χ3v) is 4.47. The Morgan fingerprint density at radius 2 is 2.06 bits per heavy atom.